The zero-order chi connectivity index (χ0) is 33.0. The van der Waals surface area contributed by atoms with Crippen LogP contribution in [0.15, 0.2) is 75.9 Å². The van der Waals surface area contributed by atoms with Gasteiger partial charge in [0.25, 0.3) is 0 Å². The Hall–Kier alpha value is -3.43. The van der Waals surface area contributed by atoms with Crippen LogP contribution in [0, 0.1) is 0 Å². The second-order valence-corrected chi connectivity index (χ2v) is 7.98. The number of carboxylic acid groups (broad SMARTS) is 1. The molecular weight excluding hydrogens is 562 g/mol. The average molecular weight is 614 g/mol. The first-order chi connectivity index (χ1) is 20.8. The molecule has 0 aromatic heterocycles. The van der Waals surface area contributed by atoms with Crippen LogP contribution in [0.5, 0.6) is 0 Å². The highest BCUT2D eigenvalue weighted by Gasteiger charge is 2.12. The van der Waals surface area contributed by atoms with E-state index in [9.17, 15) is 14.4 Å². The summed E-state index contributed by atoms with van der Waals surface area (Å²) in [6.07, 6.45) is 10.2. The van der Waals surface area contributed by atoms with Gasteiger partial charge in [-0.15, -0.1) is 39.5 Å². The van der Waals surface area contributed by atoms with Crippen LogP contribution in [-0.4, -0.2) is 137 Å². The molecule has 0 rings (SSSR count). The highest BCUT2D eigenvalue weighted by molar-refractivity contribution is 5.78. The van der Waals surface area contributed by atoms with E-state index in [0.717, 1.165) is 13.1 Å². The summed E-state index contributed by atoms with van der Waals surface area (Å²) in [6.45, 7) is 25.9. The fourth-order valence-electron chi connectivity index (χ4n) is 2.56. The van der Waals surface area contributed by atoms with Gasteiger partial charge in [-0.1, -0.05) is 36.5 Å². The van der Waals surface area contributed by atoms with E-state index in [4.69, 9.17) is 24.6 Å². The monoisotopic (exact) mass is 613 g/mol. The van der Waals surface area contributed by atoms with Crippen molar-refractivity contribution in [1.29, 1.82) is 0 Å². The van der Waals surface area contributed by atoms with Crippen molar-refractivity contribution in [1.82, 2.24) is 15.1 Å². The molecule has 0 spiro atoms. The third kappa shape index (κ3) is 34.7. The van der Waals surface area contributed by atoms with Crippen LogP contribution < -0.4 is 5.32 Å². The zero-order valence-electron chi connectivity index (χ0n) is 25.4. The number of carbonyl (C=O) groups excluding carboxylic acids is 2. The minimum atomic E-state index is -1.01. The van der Waals surface area contributed by atoms with Gasteiger partial charge in [0.1, 0.15) is 26.4 Å². The molecule has 0 unspecified atom stereocenters. The van der Waals surface area contributed by atoms with Crippen molar-refractivity contribution in [2.75, 3.05) is 98.7 Å². The van der Waals surface area contributed by atoms with E-state index in [1.54, 1.807) is 34.1 Å². The maximum atomic E-state index is 11.9. The number of carbonyl (C=O) groups is 3. The summed E-state index contributed by atoms with van der Waals surface area (Å²) >= 11 is 0. The fourth-order valence-corrected chi connectivity index (χ4v) is 2.56. The number of hydrogen-bond acceptors (Lipinski definition) is 10. The molecule has 0 saturated heterocycles. The lowest BCUT2D eigenvalue weighted by Gasteiger charge is -2.20. The van der Waals surface area contributed by atoms with E-state index in [2.05, 4.69) is 54.4 Å². The number of rotatable bonds is 27. The first-order valence-electron chi connectivity index (χ1n) is 13.5. The van der Waals surface area contributed by atoms with Gasteiger partial charge in [-0.3, -0.25) is 14.8 Å². The van der Waals surface area contributed by atoms with Gasteiger partial charge >= 0.3 is 5.97 Å². The minimum absolute atomic E-state index is 0.0436. The topological polar surface area (TPSA) is 156 Å². The number of hydrogen-bond donors (Lipinski definition) is 3. The highest BCUT2D eigenvalue weighted by Crippen LogP contribution is 1.94. The summed E-state index contributed by atoms with van der Waals surface area (Å²) in [5, 5.41) is 19.0. The molecule has 2 amide bonds. The normalized spacial score (nSPS) is 9.60. The summed E-state index contributed by atoms with van der Waals surface area (Å²) < 4.78 is 20.0. The molecule has 0 fully saturated rings. The summed E-state index contributed by atoms with van der Waals surface area (Å²) in [5.74, 6) is -1.29. The number of aliphatic carboxylic acids is 1. The van der Waals surface area contributed by atoms with Crippen LogP contribution in [0.25, 0.3) is 0 Å². The van der Waals surface area contributed by atoms with Gasteiger partial charge in [-0.25, -0.2) is 9.68 Å². The Bertz CT molecular complexity index is 709. The van der Waals surface area contributed by atoms with Crippen LogP contribution in [0.1, 0.15) is 0 Å². The van der Waals surface area contributed by atoms with Crippen LogP contribution in [0.3, 0.4) is 0 Å². The molecule has 0 saturated carbocycles. The van der Waals surface area contributed by atoms with E-state index in [0.29, 0.717) is 26.2 Å². The summed E-state index contributed by atoms with van der Waals surface area (Å²) in [6, 6.07) is 0. The summed E-state index contributed by atoms with van der Waals surface area (Å²) in [4.78, 5) is 40.6. The molecule has 43 heavy (non-hydrogen) atoms. The molecular formula is C30H51N3O10. The standard InChI is InChI=1S/C18H28N2O4.C6H11N.C6H12O6/c1-5-9-19(10-6-2)17(21)15-23-13-14-24-16-18(22)20(11-7-3)12-8-4;1-3-5-7-6-4-2;7-6(8)5-11-2-1-10-3-4-12-9/h5-8H,1-4,9-16H2;3-4,7H,1-2,5-6H2;9H,1-5H2,(H,7,8). The molecule has 0 aromatic rings. The van der Waals surface area contributed by atoms with Crippen molar-refractivity contribution < 1.29 is 48.6 Å². The van der Waals surface area contributed by atoms with Gasteiger partial charge in [0, 0.05) is 39.3 Å². The zero-order valence-corrected chi connectivity index (χ0v) is 25.4. The second-order valence-electron chi connectivity index (χ2n) is 7.98. The predicted octanol–water partition coefficient (Wildman–Crippen LogP) is 1.96. The van der Waals surface area contributed by atoms with Crippen molar-refractivity contribution in [3.8, 4) is 0 Å². The van der Waals surface area contributed by atoms with Gasteiger partial charge in [-0.2, -0.15) is 0 Å². The molecule has 246 valence electrons. The molecule has 3 N–H and O–H groups in total. The Morgan fingerprint density at radius 3 is 1.23 bits per heavy atom. The maximum Gasteiger partial charge on any atom is 0.329 e. The third-order valence-electron chi connectivity index (χ3n) is 4.42. The second kappa shape index (κ2) is 36.6. The number of carboxylic acids is 1. The van der Waals surface area contributed by atoms with Crippen LogP contribution in [-0.2, 0) is 38.2 Å². The molecule has 0 bridgehead atoms. The molecule has 0 radical (unpaired) electrons. The van der Waals surface area contributed by atoms with Crippen molar-refractivity contribution in [3.63, 3.8) is 0 Å². The molecule has 0 aliphatic carbocycles. The van der Waals surface area contributed by atoms with E-state index >= 15 is 0 Å². The average Bonchev–Trinajstić information content (AvgIpc) is 2.99. The first kappa shape index (κ1) is 44.0. The highest BCUT2D eigenvalue weighted by atomic mass is 17.1. The van der Waals surface area contributed by atoms with Crippen LogP contribution in [0.2, 0.25) is 0 Å². The molecule has 0 aliphatic rings. The first-order valence-corrected chi connectivity index (χ1v) is 13.5. The molecule has 0 heterocycles. The smallest absolute Gasteiger partial charge is 0.329 e. The van der Waals surface area contributed by atoms with Crippen molar-refractivity contribution in [3.05, 3.63) is 75.9 Å². The number of ether oxygens (including phenoxy) is 4. The van der Waals surface area contributed by atoms with Gasteiger partial charge in [-0.05, 0) is 0 Å². The fraction of sp³-hybridized carbons (Fsp3) is 0.500. The van der Waals surface area contributed by atoms with E-state index in [1.165, 1.54) is 0 Å². The predicted molar refractivity (Wildman–Crippen MR) is 167 cm³/mol. The van der Waals surface area contributed by atoms with Crippen molar-refractivity contribution in [2.45, 2.75) is 0 Å². The largest absolute Gasteiger partial charge is 0.480 e. The van der Waals surface area contributed by atoms with Crippen molar-refractivity contribution >= 4 is 17.8 Å². The lowest BCUT2D eigenvalue weighted by Crippen LogP contribution is -2.35. The van der Waals surface area contributed by atoms with Gasteiger partial charge in [0.05, 0.1) is 33.0 Å². The SMILES string of the molecule is C=CCN(CC=C)C(=O)COCCOCC(=O)N(CC=C)CC=C.C=CCNCC=C.O=C(O)COCCOCCOO. The lowest BCUT2D eigenvalue weighted by molar-refractivity contribution is -0.249. The number of amides is 2. The maximum absolute atomic E-state index is 11.9. The summed E-state index contributed by atoms with van der Waals surface area (Å²) in [5.41, 5.74) is 0. The Morgan fingerprint density at radius 2 is 0.907 bits per heavy atom. The Kier molecular flexibility index (Phi) is 37.5. The summed E-state index contributed by atoms with van der Waals surface area (Å²) in [7, 11) is 0. The molecule has 13 heteroatoms. The molecule has 0 aromatic carbocycles. The molecule has 0 aliphatic heterocycles. The minimum Gasteiger partial charge on any atom is -0.480 e. The van der Waals surface area contributed by atoms with E-state index in [1.807, 2.05) is 12.2 Å². The van der Waals surface area contributed by atoms with Crippen LogP contribution >= 0.6 is 0 Å². The third-order valence-corrected chi connectivity index (χ3v) is 4.42. The lowest BCUT2D eigenvalue weighted by atomic mass is 10.4. The number of nitrogens with one attached hydrogen (secondary N) is 1. The van der Waals surface area contributed by atoms with Gasteiger partial charge < -0.3 is 39.2 Å². The Morgan fingerprint density at radius 1 is 0.558 bits per heavy atom. The molecule has 13 nitrogen and oxygen atoms in total. The Labute approximate surface area is 256 Å². The quantitative estimate of drug-likeness (QED) is 0.0539. The molecule has 0 atom stereocenters. The van der Waals surface area contributed by atoms with Crippen LogP contribution in [0.4, 0.5) is 0 Å². The number of nitrogens with zero attached hydrogens (tertiary/aromatic N) is 2. The van der Waals surface area contributed by atoms with Gasteiger partial charge in [0.2, 0.25) is 11.8 Å². The Balaban J connectivity index is -0.000000693. The van der Waals surface area contributed by atoms with Crippen molar-refractivity contribution in [2.24, 2.45) is 0 Å². The van der Waals surface area contributed by atoms with E-state index < -0.39 is 5.97 Å². The van der Waals surface area contributed by atoms with E-state index in [-0.39, 0.29) is 71.3 Å². The van der Waals surface area contributed by atoms with Gasteiger partial charge in [0.15, 0.2) is 0 Å².